The van der Waals surface area contributed by atoms with Crippen LogP contribution in [0, 0.1) is 12.8 Å². The lowest BCUT2D eigenvalue weighted by Gasteiger charge is -2.28. The summed E-state index contributed by atoms with van der Waals surface area (Å²) in [6.07, 6.45) is 2.60. The second-order valence-electron chi connectivity index (χ2n) is 5.62. The maximum Gasteiger partial charge on any atom is 0.183 e. The number of piperidine rings is 1. The maximum absolute atomic E-state index is 4.67. The van der Waals surface area contributed by atoms with Gasteiger partial charge in [0.2, 0.25) is 0 Å². The Morgan fingerprint density at radius 2 is 2.16 bits per heavy atom. The van der Waals surface area contributed by atoms with E-state index in [1.807, 2.05) is 0 Å². The molecule has 0 saturated carbocycles. The third-order valence-electron chi connectivity index (χ3n) is 3.92. The number of hydrogen-bond donors (Lipinski definition) is 1. The molecule has 19 heavy (non-hydrogen) atoms. The summed E-state index contributed by atoms with van der Waals surface area (Å²) in [6.45, 7) is 5.63. The van der Waals surface area contributed by atoms with Crippen LogP contribution in [-0.4, -0.2) is 36.6 Å². The molecule has 4 heteroatoms. The van der Waals surface area contributed by atoms with Gasteiger partial charge in [0.25, 0.3) is 0 Å². The second kappa shape index (κ2) is 5.47. The number of thiazole rings is 1. The minimum absolute atomic E-state index is 0.796. The second-order valence-corrected chi connectivity index (χ2v) is 6.65. The van der Waals surface area contributed by atoms with Crippen molar-refractivity contribution < 1.29 is 0 Å². The quantitative estimate of drug-likeness (QED) is 0.931. The van der Waals surface area contributed by atoms with Gasteiger partial charge in [-0.1, -0.05) is 17.4 Å². The zero-order chi connectivity index (χ0) is 13.2. The summed E-state index contributed by atoms with van der Waals surface area (Å²) in [5.74, 6) is 0.796. The molecule has 0 amide bonds. The number of anilines is 1. The minimum atomic E-state index is 0.796. The van der Waals surface area contributed by atoms with E-state index in [9.17, 15) is 0 Å². The molecule has 3 rings (SSSR count). The zero-order valence-electron chi connectivity index (χ0n) is 11.6. The summed E-state index contributed by atoms with van der Waals surface area (Å²) in [5.41, 5.74) is 2.40. The smallest absolute Gasteiger partial charge is 0.183 e. The van der Waals surface area contributed by atoms with E-state index < -0.39 is 0 Å². The van der Waals surface area contributed by atoms with E-state index in [-0.39, 0.29) is 0 Å². The molecule has 102 valence electrons. The van der Waals surface area contributed by atoms with Gasteiger partial charge in [-0.3, -0.25) is 0 Å². The lowest BCUT2D eigenvalue weighted by Crippen LogP contribution is -2.32. The van der Waals surface area contributed by atoms with Crippen molar-refractivity contribution in [3.8, 4) is 0 Å². The van der Waals surface area contributed by atoms with Gasteiger partial charge in [-0.25, -0.2) is 4.98 Å². The molecule has 1 aliphatic rings. The SMILES string of the molecule is Cc1ccc2sc(NCC3CCN(C)CC3)nc2c1. The van der Waals surface area contributed by atoms with Crippen LogP contribution in [0.1, 0.15) is 18.4 Å². The van der Waals surface area contributed by atoms with Gasteiger partial charge in [-0.05, 0) is 63.5 Å². The zero-order valence-corrected chi connectivity index (χ0v) is 12.5. The molecule has 1 aromatic carbocycles. The number of fused-ring (bicyclic) bond motifs is 1. The molecule has 2 heterocycles. The Morgan fingerprint density at radius 3 is 2.95 bits per heavy atom. The summed E-state index contributed by atoms with van der Waals surface area (Å²) in [7, 11) is 2.21. The molecule has 1 N–H and O–H groups in total. The number of likely N-dealkylation sites (tertiary alicyclic amines) is 1. The molecule has 1 aromatic heterocycles. The van der Waals surface area contributed by atoms with E-state index in [4.69, 9.17) is 0 Å². The highest BCUT2D eigenvalue weighted by Crippen LogP contribution is 2.27. The van der Waals surface area contributed by atoms with Gasteiger partial charge < -0.3 is 10.2 Å². The first kappa shape index (κ1) is 12.9. The van der Waals surface area contributed by atoms with Gasteiger partial charge in [0.15, 0.2) is 5.13 Å². The van der Waals surface area contributed by atoms with E-state index in [1.54, 1.807) is 11.3 Å². The molecule has 0 unspecified atom stereocenters. The Balaban J connectivity index is 1.62. The Bertz CT molecular complexity index is 556. The van der Waals surface area contributed by atoms with E-state index in [1.165, 1.54) is 36.2 Å². The van der Waals surface area contributed by atoms with Gasteiger partial charge in [0, 0.05) is 6.54 Å². The van der Waals surface area contributed by atoms with Crippen LogP contribution in [-0.2, 0) is 0 Å². The molecule has 1 saturated heterocycles. The first-order valence-electron chi connectivity index (χ1n) is 7.00. The standard InChI is InChI=1S/C15H21N3S/c1-11-3-4-14-13(9-11)17-15(19-14)16-10-12-5-7-18(2)8-6-12/h3-4,9,12H,5-8,10H2,1-2H3,(H,16,17). The molecule has 0 radical (unpaired) electrons. The first-order chi connectivity index (χ1) is 9.20. The average molecular weight is 275 g/mol. The normalized spacial score (nSPS) is 18.0. The van der Waals surface area contributed by atoms with Crippen molar-refractivity contribution in [2.24, 2.45) is 5.92 Å². The molecule has 2 aromatic rings. The van der Waals surface area contributed by atoms with Gasteiger partial charge in [0.05, 0.1) is 10.2 Å². The fourth-order valence-electron chi connectivity index (χ4n) is 2.61. The van der Waals surface area contributed by atoms with Crippen LogP contribution in [0.4, 0.5) is 5.13 Å². The number of aromatic nitrogens is 1. The highest BCUT2D eigenvalue weighted by atomic mass is 32.1. The summed E-state index contributed by atoms with van der Waals surface area (Å²) in [5, 5.41) is 4.60. The predicted molar refractivity (Wildman–Crippen MR) is 83.1 cm³/mol. The van der Waals surface area contributed by atoms with E-state index in [0.717, 1.165) is 23.1 Å². The van der Waals surface area contributed by atoms with Crippen molar-refractivity contribution in [3.63, 3.8) is 0 Å². The summed E-state index contributed by atoms with van der Waals surface area (Å²) in [6, 6.07) is 6.48. The van der Waals surface area contributed by atoms with E-state index in [0.29, 0.717) is 0 Å². The van der Waals surface area contributed by atoms with Crippen LogP contribution < -0.4 is 5.32 Å². The predicted octanol–water partition coefficient (Wildman–Crippen LogP) is 3.36. The fourth-order valence-corrected chi connectivity index (χ4v) is 3.46. The van der Waals surface area contributed by atoms with Crippen molar-refractivity contribution in [1.82, 2.24) is 9.88 Å². The topological polar surface area (TPSA) is 28.2 Å². The molecular formula is C15H21N3S. The van der Waals surface area contributed by atoms with Crippen LogP contribution in [0.3, 0.4) is 0 Å². The summed E-state index contributed by atoms with van der Waals surface area (Å²) in [4.78, 5) is 7.08. The molecule has 3 nitrogen and oxygen atoms in total. The number of nitrogens with one attached hydrogen (secondary N) is 1. The van der Waals surface area contributed by atoms with E-state index in [2.05, 4.69) is 47.4 Å². The molecule has 0 bridgehead atoms. The lowest BCUT2D eigenvalue weighted by atomic mass is 9.97. The summed E-state index contributed by atoms with van der Waals surface area (Å²) < 4.78 is 1.27. The third kappa shape index (κ3) is 3.07. The van der Waals surface area contributed by atoms with Crippen LogP contribution >= 0.6 is 11.3 Å². The van der Waals surface area contributed by atoms with Crippen LogP contribution in [0.25, 0.3) is 10.2 Å². The number of aryl methyl sites for hydroxylation is 1. The van der Waals surface area contributed by atoms with Gasteiger partial charge in [-0.15, -0.1) is 0 Å². The lowest BCUT2D eigenvalue weighted by molar-refractivity contribution is 0.226. The maximum atomic E-state index is 4.67. The van der Waals surface area contributed by atoms with Crippen LogP contribution in [0.15, 0.2) is 18.2 Å². The molecule has 1 fully saturated rings. The Labute approximate surface area is 118 Å². The van der Waals surface area contributed by atoms with Crippen LogP contribution in [0.2, 0.25) is 0 Å². The van der Waals surface area contributed by atoms with Crippen LogP contribution in [0.5, 0.6) is 0 Å². The first-order valence-corrected chi connectivity index (χ1v) is 7.82. The molecular weight excluding hydrogens is 254 g/mol. The number of rotatable bonds is 3. The molecule has 1 aliphatic heterocycles. The molecule has 0 atom stereocenters. The molecule has 0 spiro atoms. The Hall–Kier alpha value is -1.13. The number of nitrogens with zero attached hydrogens (tertiary/aromatic N) is 2. The van der Waals surface area contributed by atoms with E-state index >= 15 is 0 Å². The average Bonchev–Trinajstić information content (AvgIpc) is 2.80. The number of benzene rings is 1. The van der Waals surface area contributed by atoms with Crippen molar-refractivity contribution in [3.05, 3.63) is 23.8 Å². The molecule has 0 aliphatic carbocycles. The monoisotopic (exact) mass is 275 g/mol. The fraction of sp³-hybridized carbons (Fsp3) is 0.533. The van der Waals surface area contributed by atoms with Gasteiger partial charge >= 0.3 is 0 Å². The Morgan fingerprint density at radius 1 is 1.37 bits per heavy atom. The largest absolute Gasteiger partial charge is 0.361 e. The minimum Gasteiger partial charge on any atom is -0.361 e. The van der Waals surface area contributed by atoms with Gasteiger partial charge in [-0.2, -0.15) is 0 Å². The summed E-state index contributed by atoms with van der Waals surface area (Å²) >= 11 is 1.76. The third-order valence-corrected chi connectivity index (χ3v) is 4.92. The van der Waals surface area contributed by atoms with Crippen molar-refractivity contribution in [1.29, 1.82) is 0 Å². The number of hydrogen-bond acceptors (Lipinski definition) is 4. The Kier molecular flexibility index (Phi) is 3.71. The highest BCUT2D eigenvalue weighted by Gasteiger charge is 2.16. The van der Waals surface area contributed by atoms with Crippen molar-refractivity contribution >= 4 is 26.7 Å². The van der Waals surface area contributed by atoms with Crippen molar-refractivity contribution in [2.45, 2.75) is 19.8 Å². The highest BCUT2D eigenvalue weighted by molar-refractivity contribution is 7.22. The van der Waals surface area contributed by atoms with Crippen molar-refractivity contribution in [2.75, 3.05) is 32.0 Å². The van der Waals surface area contributed by atoms with Gasteiger partial charge in [0.1, 0.15) is 0 Å².